The van der Waals surface area contributed by atoms with E-state index in [2.05, 4.69) is 21.7 Å². The molecule has 0 saturated heterocycles. The molecule has 5 nitrogen and oxygen atoms in total. The summed E-state index contributed by atoms with van der Waals surface area (Å²) in [4.78, 5) is 16.5. The molecule has 1 aromatic heterocycles. The number of carbonyl (C=O) groups is 1. The minimum Gasteiger partial charge on any atom is -0.493 e. The molecule has 0 aliphatic carbocycles. The Morgan fingerprint density at radius 1 is 1.25 bits per heavy atom. The highest BCUT2D eigenvalue weighted by Crippen LogP contribution is 2.24. The number of nitrogens with one attached hydrogen (secondary N) is 2. The van der Waals surface area contributed by atoms with Crippen LogP contribution in [0.25, 0.3) is 0 Å². The number of pyridine rings is 1. The van der Waals surface area contributed by atoms with Gasteiger partial charge in [0.05, 0.1) is 18.5 Å². The first-order chi connectivity index (χ1) is 13.2. The zero-order valence-corrected chi connectivity index (χ0v) is 18.2. The van der Waals surface area contributed by atoms with Crippen LogP contribution in [-0.2, 0) is 4.79 Å². The average Bonchev–Trinajstić information content (AvgIpc) is 2.63. The van der Waals surface area contributed by atoms with Gasteiger partial charge in [-0.2, -0.15) is 0 Å². The second-order valence-electron chi connectivity index (χ2n) is 7.38. The van der Waals surface area contributed by atoms with Gasteiger partial charge in [0, 0.05) is 5.41 Å². The van der Waals surface area contributed by atoms with Crippen LogP contribution in [-0.4, -0.2) is 22.6 Å². The number of thiocarbonyl (C=S) groups is 1. The Labute approximate surface area is 176 Å². The van der Waals surface area contributed by atoms with E-state index >= 15 is 0 Å². The van der Waals surface area contributed by atoms with Crippen LogP contribution >= 0.6 is 23.8 Å². The lowest BCUT2D eigenvalue weighted by molar-refractivity contribution is -0.128. The van der Waals surface area contributed by atoms with Crippen molar-refractivity contribution in [1.82, 2.24) is 10.3 Å². The highest BCUT2D eigenvalue weighted by molar-refractivity contribution is 7.80. The highest BCUT2D eigenvalue weighted by atomic mass is 35.5. The van der Waals surface area contributed by atoms with Crippen molar-refractivity contribution in [2.75, 3.05) is 11.9 Å². The smallest absolute Gasteiger partial charge is 0.231 e. The third-order valence-electron chi connectivity index (χ3n) is 4.37. The summed E-state index contributed by atoms with van der Waals surface area (Å²) < 4.78 is 5.87. The van der Waals surface area contributed by atoms with Crippen molar-refractivity contribution in [2.45, 2.75) is 40.5 Å². The number of carbonyl (C=O) groups excluding carboxylic acids is 1. The second kappa shape index (κ2) is 9.85. The predicted octanol–water partition coefficient (Wildman–Crippen LogP) is 5.05. The normalized spacial score (nSPS) is 11.0. The molecule has 1 amide bonds. The maximum absolute atomic E-state index is 12.6. The molecule has 0 radical (unpaired) electrons. The molecule has 2 N–H and O–H groups in total. The summed E-state index contributed by atoms with van der Waals surface area (Å²) in [5, 5.41) is 6.29. The van der Waals surface area contributed by atoms with E-state index in [1.54, 1.807) is 18.3 Å². The molecule has 0 unspecified atom stereocenters. The Kier molecular flexibility index (Phi) is 7.78. The fourth-order valence-electron chi connectivity index (χ4n) is 2.56. The summed E-state index contributed by atoms with van der Waals surface area (Å²) in [5.41, 5.74) is 2.36. The molecule has 2 aromatic rings. The lowest BCUT2D eigenvalue weighted by atomic mass is 9.87. The van der Waals surface area contributed by atoms with Gasteiger partial charge in [0.25, 0.3) is 0 Å². The number of rotatable bonds is 7. The first-order valence-corrected chi connectivity index (χ1v) is 9.90. The van der Waals surface area contributed by atoms with Gasteiger partial charge in [-0.3, -0.25) is 4.79 Å². The maximum Gasteiger partial charge on any atom is 0.231 e. The van der Waals surface area contributed by atoms with Crippen molar-refractivity contribution in [2.24, 2.45) is 5.41 Å². The van der Waals surface area contributed by atoms with Gasteiger partial charge in [0.15, 0.2) is 5.11 Å². The molecule has 0 saturated carbocycles. The van der Waals surface area contributed by atoms with Gasteiger partial charge in [-0.1, -0.05) is 37.6 Å². The molecule has 2 rings (SSSR count). The molecule has 0 aliphatic rings. The fourth-order valence-corrected chi connectivity index (χ4v) is 2.88. The van der Waals surface area contributed by atoms with Crippen LogP contribution in [0.5, 0.6) is 5.75 Å². The Morgan fingerprint density at radius 3 is 2.68 bits per heavy atom. The Bertz CT molecular complexity index is 838. The number of ether oxygens (including phenoxy) is 1. The predicted molar refractivity (Wildman–Crippen MR) is 118 cm³/mol. The Balaban J connectivity index is 1.79. The van der Waals surface area contributed by atoms with E-state index < -0.39 is 5.41 Å². The average molecular weight is 420 g/mol. The fraction of sp³-hybridized carbons (Fsp3) is 0.381. The van der Waals surface area contributed by atoms with Crippen molar-refractivity contribution in [3.63, 3.8) is 0 Å². The van der Waals surface area contributed by atoms with Gasteiger partial charge in [0.1, 0.15) is 10.9 Å². The molecule has 150 valence electrons. The van der Waals surface area contributed by atoms with Crippen LogP contribution in [0, 0.1) is 19.3 Å². The molecule has 0 fully saturated rings. The van der Waals surface area contributed by atoms with Crippen LogP contribution in [0.2, 0.25) is 5.15 Å². The summed E-state index contributed by atoms with van der Waals surface area (Å²) >= 11 is 11.0. The number of halogens is 1. The van der Waals surface area contributed by atoms with E-state index in [9.17, 15) is 4.79 Å². The molecule has 0 spiro atoms. The van der Waals surface area contributed by atoms with Crippen LogP contribution in [0.4, 0.5) is 5.69 Å². The minimum absolute atomic E-state index is 0.140. The largest absolute Gasteiger partial charge is 0.493 e. The molecule has 0 atom stereocenters. The van der Waals surface area contributed by atoms with Crippen molar-refractivity contribution >= 4 is 40.5 Å². The summed E-state index contributed by atoms with van der Waals surface area (Å²) in [7, 11) is 0. The highest BCUT2D eigenvalue weighted by Gasteiger charge is 2.27. The minimum atomic E-state index is -0.574. The Hall–Kier alpha value is -2.18. The molecule has 1 aromatic carbocycles. The molecule has 28 heavy (non-hydrogen) atoms. The number of benzene rings is 1. The topological polar surface area (TPSA) is 63.2 Å². The number of hydrogen-bond donors (Lipinski definition) is 2. The van der Waals surface area contributed by atoms with Gasteiger partial charge < -0.3 is 15.4 Å². The second-order valence-corrected chi connectivity index (χ2v) is 8.18. The van der Waals surface area contributed by atoms with E-state index in [0.717, 1.165) is 23.3 Å². The van der Waals surface area contributed by atoms with Crippen LogP contribution in [0.3, 0.4) is 0 Å². The van der Waals surface area contributed by atoms with Crippen LogP contribution in [0.15, 0.2) is 36.5 Å². The molecular formula is C21H26ClN3O2S. The standard InChI is InChI=1S/C21H26ClN3O2S/c1-14-6-7-15(2)17(12-14)27-11-5-10-21(3,4)19(26)25-20(28)24-16-8-9-18(22)23-13-16/h6-9,12-13H,5,10-11H2,1-4H3,(H2,24,25,26,28). The van der Waals surface area contributed by atoms with Crippen molar-refractivity contribution < 1.29 is 9.53 Å². The Morgan fingerprint density at radius 2 is 2.00 bits per heavy atom. The molecule has 0 aliphatic heterocycles. The summed E-state index contributed by atoms with van der Waals surface area (Å²) in [6, 6.07) is 9.53. The summed E-state index contributed by atoms with van der Waals surface area (Å²) in [5.74, 6) is 0.753. The van der Waals surface area contributed by atoms with Gasteiger partial charge in [-0.25, -0.2) is 4.98 Å². The van der Waals surface area contributed by atoms with Gasteiger partial charge in [0.2, 0.25) is 5.91 Å². The third-order valence-corrected chi connectivity index (χ3v) is 4.80. The number of amides is 1. The zero-order valence-electron chi connectivity index (χ0n) is 16.6. The first-order valence-electron chi connectivity index (χ1n) is 9.11. The number of aryl methyl sites for hydroxylation is 2. The van der Waals surface area contributed by atoms with Crippen LogP contribution in [0.1, 0.15) is 37.8 Å². The van der Waals surface area contributed by atoms with Gasteiger partial charge in [-0.15, -0.1) is 0 Å². The lowest BCUT2D eigenvalue weighted by Crippen LogP contribution is -2.42. The zero-order chi connectivity index (χ0) is 20.7. The maximum atomic E-state index is 12.6. The van der Waals surface area contributed by atoms with E-state index in [1.165, 1.54) is 0 Å². The number of nitrogens with zero attached hydrogens (tertiary/aromatic N) is 1. The van der Waals surface area contributed by atoms with E-state index in [1.807, 2.05) is 39.8 Å². The molecule has 7 heteroatoms. The van der Waals surface area contributed by atoms with Crippen molar-refractivity contribution in [3.8, 4) is 5.75 Å². The van der Waals surface area contributed by atoms with E-state index in [4.69, 9.17) is 28.6 Å². The number of anilines is 1. The van der Waals surface area contributed by atoms with Gasteiger partial charge >= 0.3 is 0 Å². The molecular weight excluding hydrogens is 394 g/mol. The van der Waals surface area contributed by atoms with Crippen molar-refractivity contribution in [3.05, 3.63) is 52.8 Å². The van der Waals surface area contributed by atoms with E-state index in [-0.39, 0.29) is 11.0 Å². The molecule has 1 heterocycles. The number of hydrogen-bond acceptors (Lipinski definition) is 4. The third kappa shape index (κ3) is 6.77. The SMILES string of the molecule is Cc1ccc(C)c(OCCCC(C)(C)C(=O)NC(=S)Nc2ccc(Cl)nc2)c1. The lowest BCUT2D eigenvalue weighted by Gasteiger charge is -2.24. The molecule has 0 bridgehead atoms. The summed E-state index contributed by atoms with van der Waals surface area (Å²) in [6.07, 6.45) is 2.99. The first kappa shape index (κ1) is 22.1. The monoisotopic (exact) mass is 419 g/mol. The van der Waals surface area contributed by atoms with E-state index in [0.29, 0.717) is 23.9 Å². The quantitative estimate of drug-likeness (QED) is 0.373. The van der Waals surface area contributed by atoms with Gasteiger partial charge in [-0.05, 0) is 68.2 Å². The number of aromatic nitrogens is 1. The van der Waals surface area contributed by atoms with Crippen LogP contribution < -0.4 is 15.4 Å². The van der Waals surface area contributed by atoms with Crippen molar-refractivity contribution in [1.29, 1.82) is 0 Å². The summed E-state index contributed by atoms with van der Waals surface area (Å²) in [6.45, 7) is 8.41.